The van der Waals surface area contributed by atoms with Crippen molar-refractivity contribution in [3.63, 3.8) is 0 Å². The number of benzene rings is 2. The Kier molecular flexibility index (Phi) is 9.88. The molecule has 3 aromatic rings. The first-order valence-corrected chi connectivity index (χ1v) is 15.4. The number of sulfonamides is 1. The summed E-state index contributed by atoms with van der Waals surface area (Å²) in [7, 11) is -3.97. The predicted octanol–water partition coefficient (Wildman–Crippen LogP) is 3.97. The third-order valence-corrected chi connectivity index (χ3v) is 8.97. The van der Waals surface area contributed by atoms with Gasteiger partial charge in [-0.05, 0) is 61.2 Å². The van der Waals surface area contributed by atoms with Crippen LogP contribution in [0.3, 0.4) is 0 Å². The summed E-state index contributed by atoms with van der Waals surface area (Å²) in [6.07, 6.45) is 0.916. The molecule has 1 atom stereocenters. The Morgan fingerprint density at radius 2 is 1.88 bits per heavy atom. The van der Waals surface area contributed by atoms with Crippen LogP contribution in [0.25, 0.3) is 11.3 Å². The van der Waals surface area contributed by atoms with E-state index in [9.17, 15) is 22.7 Å². The standard InChI is InChI=1S/C28H33BrFN5O4S/c1-19(2)18-34(14-15-36)28-32-23(16-25(33-28)20-5-7-21(29)8-6-20)17-31-27(37)26-4-3-13-35(26)40(38,39)24-11-9-22(30)10-12-24/h5-12,16,19,26,36H,3-4,13-15,17-18H2,1-2H3,(H,31,37)/t26-/m0/s1. The van der Waals surface area contributed by atoms with Crippen LogP contribution >= 0.6 is 15.9 Å². The molecule has 0 radical (unpaired) electrons. The second-order valence-electron chi connectivity index (χ2n) is 10.1. The van der Waals surface area contributed by atoms with Crippen LogP contribution < -0.4 is 10.2 Å². The summed E-state index contributed by atoms with van der Waals surface area (Å²) in [4.78, 5) is 24.5. The highest BCUT2D eigenvalue weighted by atomic mass is 79.9. The lowest BCUT2D eigenvalue weighted by Gasteiger charge is -2.25. The van der Waals surface area contributed by atoms with Gasteiger partial charge in [0.1, 0.15) is 11.9 Å². The zero-order chi connectivity index (χ0) is 28.9. The van der Waals surface area contributed by atoms with Crippen molar-refractivity contribution in [1.29, 1.82) is 0 Å². The van der Waals surface area contributed by atoms with Crippen LogP contribution in [0.5, 0.6) is 0 Å². The third kappa shape index (κ3) is 7.22. The number of anilines is 1. The molecule has 12 heteroatoms. The molecule has 1 fully saturated rings. The molecular weight excluding hydrogens is 601 g/mol. The van der Waals surface area contributed by atoms with Crippen LogP contribution in [0.15, 0.2) is 64.0 Å². The second kappa shape index (κ2) is 13.2. The minimum Gasteiger partial charge on any atom is -0.395 e. The molecule has 1 aromatic heterocycles. The number of carbonyl (C=O) groups excluding carboxylic acids is 1. The fourth-order valence-electron chi connectivity index (χ4n) is 4.65. The van der Waals surface area contributed by atoms with Crippen molar-refractivity contribution in [1.82, 2.24) is 19.6 Å². The summed E-state index contributed by atoms with van der Waals surface area (Å²) < 4.78 is 41.9. The number of rotatable bonds is 11. The maximum Gasteiger partial charge on any atom is 0.243 e. The van der Waals surface area contributed by atoms with Crippen molar-refractivity contribution < 1.29 is 22.7 Å². The average molecular weight is 635 g/mol. The molecule has 0 unspecified atom stereocenters. The lowest BCUT2D eigenvalue weighted by Crippen LogP contribution is -2.45. The number of halogens is 2. The number of amides is 1. The lowest BCUT2D eigenvalue weighted by molar-refractivity contribution is -0.124. The molecule has 214 valence electrons. The molecule has 1 aliphatic rings. The number of nitrogens with zero attached hydrogens (tertiary/aromatic N) is 4. The van der Waals surface area contributed by atoms with Gasteiger partial charge in [0.05, 0.1) is 29.4 Å². The normalized spacial score (nSPS) is 15.9. The van der Waals surface area contributed by atoms with Gasteiger partial charge >= 0.3 is 0 Å². The highest BCUT2D eigenvalue weighted by molar-refractivity contribution is 9.10. The van der Waals surface area contributed by atoms with Gasteiger partial charge in [0, 0.05) is 29.7 Å². The molecule has 2 aromatic carbocycles. The van der Waals surface area contributed by atoms with E-state index in [1.54, 1.807) is 6.07 Å². The van der Waals surface area contributed by atoms with Crippen LogP contribution in [0.2, 0.25) is 0 Å². The molecule has 1 saturated heterocycles. The first kappa shape index (κ1) is 30.0. The summed E-state index contributed by atoms with van der Waals surface area (Å²) in [6.45, 7) is 5.32. The number of hydrogen-bond acceptors (Lipinski definition) is 7. The molecule has 0 bridgehead atoms. The van der Waals surface area contributed by atoms with E-state index < -0.39 is 27.8 Å². The molecule has 1 amide bonds. The Hall–Kier alpha value is -2.93. The first-order valence-electron chi connectivity index (χ1n) is 13.1. The molecule has 40 heavy (non-hydrogen) atoms. The number of hydrogen-bond donors (Lipinski definition) is 2. The molecule has 0 saturated carbocycles. The number of carbonyl (C=O) groups is 1. The molecule has 4 rings (SSSR count). The summed E-state index contributed by atoms with van der Waals surface area (Å²) in [5.41, 5.74) is 2.07. The molecule has 9 nitrogen and oxygen atoms in total. The van der Waals surface area contributed by atoms with Gasteiger partial charge in [-0.3, -0.25) is 4.79 Å². The van der Waals surface area contributed by atoms with Crippen molar-refractivity contribution in [2.75, 3.05) is 31.1 Å². The maximum atomic E-state index is 13.4. The van der Waals surface area contributed by atoms with Crippen molar-refractivity contribution >= 4 is 37.8 Å². The monoisotopic (exact) mass is 633 g/mol. The Balaban J connectivity index is 1.58. The van der Waals surface area contributed by atoms with Crippen molar-refractivity contribution in [2.45, 2.75) is 44.2 Å². The molecule has 0 spiro atoms. The summed E-state index contributed by atoms with van der Waals surface area (Å²) in [5, 5.41) is 12.5. The van der Waals surface area contributed by atoms with E-state index in [0.717, 1.165) is 22.2 Å². The Bertz CT molecular complexity index is 1420. The second-order valence-corrected chi connectivity index (χ2v) is 12.9. The number of nitrogens with one attached hydrogen (secondary N) is 1. The topological polar surface area (TPSA) is 116 Å². The maximum absolute atomic E-state index is 13.4. The number of aliphatic hydroxyl groups is 1. The van der Waals surface area contributed by atoms with E-state index in [1.165, 1.54) is 16.4 Å². The quantitative estimate of drug-likeness (QED) is 0.328. The third-order valence-electron chi connectivity index (χ3n) is 6.52. The van der Waals surface area contributed by atoms with Crippen LogP contribution in [-0.4, -0.2) is 66.0 Å². The highest BCUT2D eigenvalue weighted by Crippen LogP contribution is 2.27. The van der Waals surface area contributed by atoms with E-state index in [2.05, 4.69) is 40.1 Å². The van der Waals surface area contributed by atoms with Crippen molar-refractivity contribution in [2.24, 2.45) is 5.92 Å². The zero-order valence-electron chi connectivity index (χ0n) is 22.4. The zero-order valence-corrected chi connectivity index (χ0v) is 24.8. The van der Waals surface area contributed by atoms with Gasteiger partial charge in [0.2, 0.25) is 21.9 Å². The van der Waals surface area contributed by atoms with Crippen molar-refractivity contribution in [3.05, 3.63) is 70.6 Å². The fourth-order valence-corrected chi connectivity index (χ4v) is 6.57. The van der Waals surface area contributed by atoms with Crippen LogP contribution in [0.1, 0.15) is 32.4 Å². The molecular formula is C28H33BrFN5O4S. The lowest BCUT2D eigenvalue weighted by atomic mass is 10.1. The Morgan fingerprint density at radius 1 is 1.18 bits per heavy atom. The smallest absolute Gasteiger partial charge is 0.243 e. The highest BCUT2D eigenvalue weighted by Gasteiger charge is 2.39. The molecule has 2 N–H and O–H groups in total. The van der Waals surface area contributed by atoms with Crippen LogP contribution in [0, 0.1) is 11.7 Å². The van der Waals surface area contributed by atoms with E-state index in [1.807, 2.05) is 29.2 Å². The van der Waals surface area contributed by atoms with E-state index in [0.29, 0.717) is 49.2 Å². The van der Waals surface area contributed by atoms with Crippen molar-refractivity contribution in [3.8, 4) is 11.3 Å². The first-order chi connectivity index (χ1) is 19.1. The van der Waals surface area contributed by atoms with Crippen LogP contribution in [-0.2, 0) is 21.4 Å². The van der Waals surface area contributed by atoms with E-state index in [4.69, 9.17) is 4.98 Å². The van der Waals surface area contributed by atoms with Gasteiger partial charge in [0.15, 0.2) is 0 Å². The average Bonchev–Trinajstić information content (AvgIpc) is 3.43. The summed E-state index contributed by atoms with van der Waals surface area (Å²) >= 11 is 3.45. The largest absolute Gasteiger partial charge is 0.395 e. The number of aromatic nitrogens is 2. The van der Waals surface area contributed by atoms with Gasteiger partial charge in [0.25, 0.3) is 0 Å². The van der Waals surface area contributed by atoms with Gasteiger partial charge < -0.3 is 15.3 Å². The van der Waals surface area contributed by atoms with Gasteiger partial charge in [-0.25, -0.2) is 22.8 Å². The van der Waals surface area contributed by atoms with E-state index in [-0.39, 0.29) is 24.6 Å². The van der Waals surface area contributed by atoms with Crippen LogP contribution in [0.4, 0.5) is 10.3 Å². The predicted molar refractivity (Wildman–Crippen MR) is 154 cm³/mol. The van der Waals surface area contributed by atoms with Gasteiger partial charge in [-0.1, -0.05) is 41.9 Å². The molecule has 1 aliphatic heterocycles. The van der Waals surface area contributed by atoms with E-state index >= 15 is 0 Å². The Labute approximate surface area is 242 Å². The number of aliphatic hydroxyl groups excluding tert-OH is 1. The molecule has 0 aliphatic carbocycles. The summed E-state index contributed by atoms with van der Waals surface area (Å²) in [6, 6.07) is 13.2. The summed E-state index contributed by atoms with van der Waals surface area (Å²) in [5.74, 6) is -0.227. The molecule has 2 heterocycles. The minimum atomic E-state index is -3.97. The van der Waals surface area contributed by atoms with Gasteiger partial charge in [-0.2, -0.15) is 4.31 Å². The SMILES string of the molecule is CC(C)CN(CCO)c1nc(CNC(=O)[C@@H]2CCCN2S(=O)(=O)c2ccc(F)cc2)cc(-c2ccc(Br)cc2)n1. The fraction of sp³-hybridized carbons (Fsp3) is 0.393. The van der Waals surface area contributed by atoms with Gasteiger partial charge in [-0.15, -0.1) is 0 Å². The minimum absolute atomic E-state index is 0.0534. The Morgan fingerprint density at radius 3 is 2.52 bits per heavy atom.